The first-order valence-electron chi connectivity index (χ1n) is 4.97. The van der Waals surface area contributed by atoms with Gasteiger partial charge in [0.15, 0.2) is 5.78 Å². The average molecular weight is 221 g/mol. The van der Waals surface area contributed by atoms with Crippen molar-refractivity contribution in [2.45, 2.75) is 12.8 Å². The number of ketones is 1. The highest BCUT2D eigenvalue weighted by molar-refractivity contribution is 6.09. The molecular formula is C11H11NO4. The number of fused-ring (bicyclic) bond motifs is 1. The van der Waals surface area contributed by atoms with Gasteiger partial charge in [0.1, 0.15) is 5.92 Å². The second-order valence-corrected chi connectivity index (χ2v) is 3.69. The molecular weight excluding hydrogens is 210 g/mol. The van der Waals surface area contributed by atoms with Crippen LogP contribution in [0.25, 0.3) is 0 Å². The summed E-state index contributed by atoms with van der Waals surface area (Å²) in [7, 11) is 1.26. The van der Waals surface area contributed by atoms with Crippen molar-refractivity contribution in [2.75, 3.05) is 7.11 Å². The fourth-order valence-electron chi connectivity index (χ4n) is 1.92. The lowest BCUT2D eigenvalue weighted by atomic mass is 9.85. The Morgan fingerprint density at radius 1 is 1.44 bits per heavy atom. The van der Waals surface area contributed by atoms with Crippen LogP contribution in [-0.4, -0.2) is 23.8 Å². The Hall–Kier alpha value is -1.91. The Morgan fingerprint density at radius 2 is 2.19 bits per heavy atom. The highest BCUT2D eigenvalue weighted by Crippen LogP contribution is 2.23. The average Bonchev–Trinajstić information content (AvgIpc) is 2.28. The molecule has 1 aromatic rings. The first-order chi connectivity index (χ1) is 7.63. The van der Waals surface area contributed by atoms with Crippen LogP contribution in [0.2, 0.25) is 0 Å². The van der Waals surface area contributed by atoms with Gasteiger partial charge in [-0.15, -0.1) is 0 Å². The third kappa shape index (κ3) is 1.64. The number of aromatic nitrogens is 1. The minimum atomic E-state index is -0.733. The molecule has 5 heteroatoms. The van der Waals surface area contributed by atoms with Crippen molar-refractivity contribution in [2.24, 2.45) is 5.92 Å². The molecule has 0 saturated heterocycles. The summed E-state index contributed by atoms with van der Waals surface area (Å²) in [5.74, 6) is -1.52. The van der Waals surface area contributed by atoms with Crippen LogP contribution in [0.3, 0.4) is 0 Å². The molecule has 2 rings (SSSR count). The van der Waals surface area contributed by atoms with Crippen molar-refractivity contribution < 1.29 is 14.3 Å². The highest BCUT2D eigenvalue weighted by atomic mass is 16.5. The summed E-state index contributed by atoms with van der Waals surface area (Å²) in [6, 6.07) is 2.75. The number of rotatable bonds is 1. The molecule has 0 bridgehead atoms. The number of H-pyrrole nitrogens is 1. The van der Waals surface area contributed by atoms with Gasteiger partial charge >= 0.3 is 5.97 Å². The topological polar surface area (TPSA) is 76.2 Å². The van der Waals surface area contributed by atoms with Crippen LogP contribution in [0.1, 0.15) is 22.5 Å². The molecule has 5 nitrogen and oxygen atoms in total. The number of aromatic amines is 1. The molecule has 1 atom stereocenters. The Bertz CT molecular complexity index is 503. The minimum absolute atomic E-state index is 0.233. The molecule has 1 heterocycles. The predicted molar refractivity (Wildman–Crippen MR) is 55.2 cm³/mol. The predicted octanol–water partition coefficient (Wildman–Crippen LogP) is 0.293. The SMILES string of the molecule is COC(=O)[C@@H]1CCc2[nH]c(=O)ccc2C1=O. The van der Waals surface area contributed by atoms with E-state index in [1.54, 1.807) is 0 Å². The van der Waals surface area contributed by atoms with Crippen molar-refractivity contribution in [1.82, 2.24) is 4.98 Å². The summed E-state index contributed by atoms with van der Waals surface area (Å²) in [5.41, 5.74) is 0.793. The standard InChI is InChI=1S/C11H11NO4/c1-16-11(15)7-2-4-8-6(10(7)14)3-5-9(13)12-8/h3,5,7H,2,4H2,1H3,(H,12,13)/t7-/m1/s1. The summed E-state index contributed by atoms with van der Waals surface area (Å²) in [6.07, 6.45) is 0.898. The van der Waals surface area contributed by atoms with Crippen LogP contribution in [0, 0.1) is 5.92 Å². The maximum Gasteiger partial charge on any atom is 0.316 e. The maximum absolute atomic E-state index is 11.9. The number of hydrogen-bond acceptors (Lipinski definition) is 4. The zero-order valence-corrected chi connectivity index (χ0v) is 8.78. The van der Waals surface area contributed by atoms with Crippen LogP contribution in [0.4, 0.5) is 0 Å². The van der Waals surface area contributed by atoms with Crippen LogP contribution >= 0.6 is 0 Å². The Labute approximate surface area is 91.4 Å². The van der Waals surface area contributed by atoms with E-state index in [1.807, 2.05) is 0 Å². The normalized spacial score (nSPS) is 19.1. The highest BCUT2D eigenvalue weighted by Gasteiger charge is 2.33. The number of aryl methyl sites for hydroxylation is 1. The number of carbonyl (C=O) groups excluding carboxylic acids is 2. The number of methoxy groups -OCH3 is 1. The summed E-state index contributed by atoms with van der Waals surface area (Å²) in [5, 5.41) is 0. The van der Waals surface area contributed by atoms with Gasteiger partial charge in [0.05, 0.1) is 7.11 Å². The molecule has 0 aromatic carbocycles. The Kier molecular flexibility index (Phi) is 2.60. The van der Waals surface area contributed by atoms with Crippen molar-refractivity contribution in [3.8, 4) is 0 Å². The number of ether oxygens (including phenoxy) is 1. The van der Waals surface area contributed by atoms with E-state index < -0.39 is 11.9 Å². The van der Waals surface area contributed by atoms with Crippen molar-refractivity contribution in [1.29, 1.82) is 0 Å². The molecule has 84 valence electrons. The molecule has 0 radical (unpaired) electrons. The number of carbonyl (C=O) groups is 2. The van der Waals surface area contributed by atoms with Crippen LogP contribution in [0.15, 0.2) is 16.9 Å². The lowest BCUT2D eigenvalue weighted by Gasteiger charge is -2.20. The Balaban J connectivity index is 2.40. The zero-order valence-electron chi connectivity index (χ0n) is 8.78. The van der Waals surface area contributed by atoms with Gasteiger partial charge in [0, 0.05) is 17.3 Å². The number of Topliss-reactive ketones (excluding diaryl/α,β-unsaturated/α-hetero) is 1. The van der Waals surface area contributed by atoms with Crippen molar-refractivity contribution in [3.05, 3.63) is 33.7 Å². The van der Waals surface area contributed by atoms with Crippen LogP contribution in [0.5, 0.6) is 0 Å². The van der Waals surface area contributed by atoms with E-state index in [0.717, 1.165) is 0 Å². The molecule has 0 unspecified atom stereocenters. The van der Waals surface area contributed by atoms with Gasteiger partial charge in [-0.05, 0) is 18.9 Å². The molecule has 0 amide bonds. The van der Waals surface area contributed by atoms with E-state index >= 15 is 0 Å². The summed E-state index contributed by atoms with van der Waals surface area (Å²) in [6.45, 7) is 0. The fraction of sp³-hybridized carbons (Fsp3) is 0.364. The number of esters is 1. The maximum atomic E-state index is 11.9. The van der Waals surface area contributed by atoms with Gasteiger partial charge in [-0.3, -0.25) is 14.4 Å². The smallest absolute Gasteiger partial charge is 0.316 e. The number of pyridine rings is 1. The van der Waals surface area contributed by atoms with E-state index in [9.17, 15) is 14.4 Å². The third-order valence-electron chi connectivity index (χ3n) is 2.75. The van der Waals surface area contributed by atoms with Gasteiger partial charge in [0.2, 0.25) is 5.56 Å². The summed E-state index contributed by atoms with van der Waals surface area (Å²) in [4.78, 5) is 36.9. The van der Waals surface area contributed by atoms with E-state index in [-0.39, 0.29) is 11.3 Å². The quantitative estimate of drug-likeness (QED) is 0.546. The first-order valence-corrected chi connectivity index (χ1v) is 4.97. The second kappa shape index (κ2) is 3.92. The number of nitrogens with one attached hydrogen (secondary N) is 1. The van der Waals surface area contributed by atoms with E-state index in [4.69, 9.17) is 0 Å². The largest absolute Gasteiger partial charge is 0.468 e. The van der Waals surface area contributed by atoms with Gasteiger partial charge in [-0.1, -0.05) is 0 Å². The molecule has 0 aliphatic heterocycles. The van der Waals surface area contributed by atoms with Crippen molar-refractivity contribution >= 4 is 11.8 Å². The molecule has 0 spiro atoms. The molecule has 16 heavy (non-hydrogen) atoms. The van der Waals surface area contributed by atoms with Gasteiger partial charge in [-0.2, -0.15) is 0 Å². The fourth-order valence-corrected chi connectivity index (χ4v) is 1.92. The summed E-state index contributed by atoms with van der Waals surface area (Å²) < 4.78 is 4.57. The lowest BCUT2D eigenvalue weighted by Crippen LogP contribution is -2.32. The number of hydrogen-bond donors (Lipinski definition) is 1. The molecule has 1 aromatic heterocycles. The van der Waals surface area contributed by atoms with Crippen molar-refractivity contribution in [3.63, 3.8) is 0 Å². The van der Waals surface area contributed by atoms with Crippen LogP contribution < -0.4 is 5.56 Å². The van der Waals surface area contributed by atoms with E-state index in [2.05, 4.69) is 9.72 Å². The van der Waals surface area contributed by atoms with Gasteiger partial charge < -0.3 is 9.72 Å². The van der Waals surface area contributed by atoms with Gasteiger partial charge in [-0.25, -0.2) is 0 Å². The first kappa shape index (κ1) is 10.6. The molecule has 0 saturated carbocycles. The zero-order chi connectivity index (χ0) is 11.7. The monoisotopic (exact) mass is 221 g/mol. The molecule has 1 aliphatic rings. The summed E-state index contributed by atoms with van der Waals surface area (Å²) >= 11 is 0. The molecule has 1 N–H and O–H groups in total. The van der Waals surface area contributed by atoms with Crippen LogP contribution in [-0.2, 0) is 16.0 Å². The molecule has 0 fully saturated rings. The Morgan fingerprint density at radius 3 is 2.88 bits per heavy atom. The van der Waals surface area contributed by atoms with E-state index in [0.29, 0.717) is 24.1 Å². The second-order valence-electron chi connectivity index (χ2n) is 3.69. The van der Waals surface area contributed by atoms with E-state index in [1.165, 1.54) is 19.2 Å². The van der Waals surface area contributed by atoms with Gasteiger partial charge in [0.25, 0.3) is 0 Å². The third-order valence-corrected chi connectivity index (χ3v) is 2.75. The lowest BCUT2D eigenvalue weighted by molar-refractivity contribution is -0.143. The molecule has 1 aliphatic carbocycles. The minimum Gasteiger partial charge on any atom is -0.468 e.